The number of hydrogen-bond acceptors (Lipinski definition) is 0. The van der Waals surface area contributed by atoms with E-state index in [0.717, 1.165) is 19.2 Å². The van der Waals surface area contributed by atoms with Crippen molar-refractivity contribution in [2.45, 2.75) is 45.9 Å². The molecule has 0 spiro atoms. The summed E-state index contributed by atoms with van der Waals surface area (Å²) in [6.45, 7) is 0. The van der Waals surface area contributed by atoms with Gasteiger partial charge in [0.05, 0.1) is 0 Å². The molecular formula is C30H33Cl2HfSi. The van der Waals surface area contributed by atoms with E-state index < -0.39 is 26.6 Å². The molecule has 0 bridgehead atoms. The SMILES string of the molecule is C1=CCC2CC[CH]([Hf+2]([CH]3CCC4CC=CC=C43)[SiH](c3ccccc3)c3ccccc3)C2=C1.[Cl-].[Cl-]. The van der Waals surface area contributed by atoms with Crippen molar-refractivity contribution >= 4 is 16.4 Å². The molecule has 4 aliphatic carbocycles. The van der Waals surface area contributed by atoms with E-state index in [1.54, 1.807) is 10.4 Å². The third-order valence-electron chi connectivity index (χ3n) is 8.45. The van der Waals surface area contributed by atoms with E-state index in [2.05, 4.69) is 97.1 Å². The van der Waals surface area contributed by atoms with Crippen molar-refractivity contribution in [1.29, 1.82) is 0 Å². The molecule has 6 rings (SSSR count). The Balaban J connectivity index is 0.00000137. The van der Waals surface area contributed by atoms with E-state index in [-0.39, 0.29) is 24.8 Å². The smallest absolute Gasteiger partial charge is 1.00 e. The zero-order valence-corrected chi connectivity index (χ0v) is 25.9. The largest absolute Gasteiger partial charge is 1.00 e. The number of fused-ring (bicyclic) bond motifs is 2. The van der Waals surface area contributed by atoms with Gasteiger partial charge in [0.1, 0.15) is 0 Å². The molecule has 4 atom stereocenters. The van der Waals surface area contributed by atoms with Gasteiger partial charge in [-0.05, 0) is 0 Å². The molecule has 0 heterocycles. The summed E-state index contributed by atoms with van der Waals surface area (Å²) in [6, 6.07) is 23.6. The van der Waals surface area contributed by atoms with Crippen molar-refractivity contribution in [1.82, 2.24) is 0 Å². The van der Waals surface area contributed by atoms with Gasteiger partial charge in [0.15, 0.2) is 0 Å². The summed E-state index contributed by atoms with van der Waals surface area (Å²) >= 11 is -2.19. The van der Waals surface area contributed by atoms with Crippen molar-refractivity contribution in [2.24, 2.45) is 11.8 Å². The molecule has 0 aliphatic heterocycles. The Morgan fingerprint density at radius 1 is 0.588 bits per heavy atom. The van der Waals surface area contributed by atoms with Gasteiger partial charge in [0, 0.05) is 0 Å². The standard InChI is InChI=1S/C12H11Si.2C9H11.2ClH.Hf/c1-3-7-11(8-4-1)13-12-9-5-2-6-10-12;2*1-2-5-9-7-3-6-8(9)4-1;;;/h1-10,13H;2*1-2,4,6,9H,3,5,7H2;2*1H;/q;;;;;+2/p-2. The molecule has 2 saturated carbocycles. The number of halogens is 2. The molecule has 175 valence electrons. The van der Waals surface area contributed by atoms with Crippen LogP contribution in [0.2, 0.25) is 7.35 Å². The molecule has 2 fully saturated rings. The molecule has 4 aliphatic rings. The van der Waals surface area contributed by atoms with Gasteiger partial charge in [-0.3, -0.25) is 0 Å². The van der Waals surface area contributed by atoms with Crippen LogP contribution in [0.4, 0.5) is 0 Å². The van der Waals surface area contributed by atoms with Gasteiger partial charge >= 0.3 is 203 Å². The Kier molecular flexibility index (Phi) is 9.12. The molecule has 4 heteroatoms. The first kappa shape index (κ1) is 26.1. The summed E-state index contributed by atoms with van der Waals surface area (Å²) in [5.41, 5.74) is 3.77. The van der Waals surface area contributed by atoms with Crippen LogP contribution in [0.15, 0.2) is 108 Å². The maximum atomic E-state index is 2.57. The zero-order valence-electron chi connectivity index (χ0n) is 19.6. The van der Waals surface area contributed by atoms with Gasteiger partial charge in [-0.25, -0.2) is 0 Å². The van der Waals surface area contributed by atoms with Gasteiger partial charge in [0.25, 0.3) is 0 Å². The van der Waals surface area contributed by atoms with Crippen LogP contribution < -0.4 is 35.2 Å². The number of benzene rings is 2. The quantitative estimate of drug-likeness (QED) is 0.403. The molecule has 0 nitrogen and oxygen atoms in total. The zero-order chi connectivity index (χ0) is 21.3. The van der Waals surface area contributed by atoms with Crippen LogP contribution in [0, 0.1) is 11.8 Å². The molecule has 2 aromatic rings. The minimum Gasteiger partial charge on any atom is -1.00 e. The van der Waals surface area contributed by atoms with Crippen LogP contribution in [0.5, 0.6) is 0 Å². The van der Waals surface area contributed by atoms with Gasteiger partial charge in [0.2, 0.25) is 0 Å². The predicted octanol–water partition coefficient (Wildman–Crippen LogP) is 0.320. The molecule has 4 unspecified atom stereocenters. The average molecular weight is 671 g/mol. The minimum atomic E-state index is -2.19. The van der Waals surface area contributed by atoms with Gasteiger partial charge < -0.3 is 24.8 Å². The second-order valence-corrected chi connectivity index (χ2v) is 32.5. The molecule has 0 radical (unpaired) electrons. The van der Waals surface area contributed by atoms with E-state index in [0.29, 0.717) is 0 Å². The maximum absolute atomic E-state index is 2.57. The molecule has 34 heavy (non-hydrogen) atoms. The Bertz CT molecular complexity index is 990. The molecule has 2 aromatic carbocycles. The van der Waals surface area contributed by atoms with E-state index >= 15 is 0 Å². The molecule has 0 aromatic heterocycles. The summed E-state index contributed by atoms with van der Waals surface area (Å²) in [7, 11) is 0. The fourth-order valence-electron chi connectivity index (χ4n) is 7.06. The van der Waals surface area contributed by atoms with Crippen molar-refractivity contribution in [2.75, 3.05) is 0 Å². The first-order chi connectivity index (χ1) is 15.9. The third kappa shape index (κ3) is 4.98. The van der Waals surface area contributed by atoms with E-state index in [9.17, 15) is 0 Å². The number of rotatable bonds is 5. The van der Waals surface area contributed by atoms with Crippen LogP contribution in [0.1, 0.15) is 38.5 Å². The van der Waals surface area contributed by atoms with Crippen LogP contribution in [0.3, 0.4) is 0 Å². The van der Waals surface area contributed by atoms with E-state index in [4.69, 9.17) is 0 Å². The third-order valence-corrected chi connectivity index (χ3v) is 42.4. The number of allylic oxidation sites excluding steroid dienone is 8. The first-order valence-electron chi connectivity index (χ1n) is 12.6. The van der Waals surface area contributed by atoms with Crippen LogP contribution >= 0.6 is 0 Å². The maximum Gasteiger partial charge on any atom is -1.00 e. The first-order valence-corrected chi connectivity index (χ1v) is 24.7. The summed E-state index contributed by atoms with van der Waals surface area (Å²) < 4.78 is 1.92. The number of hydrogen-bond donors (Lipinski definition) is 0. The predicted molar refractivity (Wildman–Crippen MR) is 136 cm³/mol. The van der Waals surface area contributed by atoms with Crippen molar-refractivity contribution in [3.05, 3.63) is 108 Å². The van der Waals surface area contributed by atoms with Crippen molar-refractivity contribution in [3.8, 4) is 0 Å². The summed E-state index contributed by atoms with van der Waals surface area (Å²) in [6.07, 6.45) is 23.2. The Hall–Kier alpha value is -0.933. The molecule has 0 saturated heterocycles. The Morgan fingerprint density at radius 3 is 1.47 bits per heavy atom. The molecular weight excluding hydrogens is 638 g/mol. The second-order valence-electron chi connectivity index (χ2n) is 10.1. The summed E-state index contributed by atoms with van der Waals surface area (Å²) in [5.74, 6) is 0.479. The van der Waals surface area contributed by atoms with Crippen molar-refractivity contribution < 1.29 is 45.4 Å². The van der Waals surface area contributed by atoms with Gasteiger partial charge in [-0.15, -0.1) is 0 Å². The average Bonchev–Trinajstić information content (AvgIpc) is 3.48. The van der Waals surface area contributed by atoms with Gasteiger partial charge in [-0.1, -0.05) is 0 Å². The second kappa shape index (κ2) is 11.9. The van der Waals surface area contributed by atoms with Crippen molar-refractivity contribution in [3.63, 3.8) is 0 Å². The normalized spacial score (nSPS) is 26.6. The summed E-state index contributed by atoms with van der Waals surface area (Å²) in [5, 5.41) is 3.46. The fourth-order valence-corrected chi connectivity index (χ4v) is 47.7. The van der Waals surface area contributed by atoms with Crippen LogP contribution in [-0.2, 0) is 20.6 Å². The van der Waals surface area contributed by atoms with Crippen LogP contribution in [0.25, 0.3) is 0 Å². The van der Waals surface area contributed by atoms with Gasteiger partial charge in [-0.2, -0.15) is 0 Å². The monoisotopic (exact) mass is 671 g/mol. The minimum absolute atomic E-state index is 0. The Morgan fingerprint density at radius 2 is 1.03 bits per heavy atom. The topological polar surface area (TPSA) is 0 Å². The van der Waals surface area contributed by atoms with E-state index in [1.807, 2.05) is 11.1 Å². The van der Waals surface area contributed by atoms with Crippen LogP contribution in [-0.4, -0.2) is 5.98 Å². The fraction of sp³-hybridized carbons (Fsp3) is 0.333. The Labute approximate surface area is 226 Å². The van der Waals surface area contributed by atoms with E-state index in [1.165, 1.54) is 38.5 Å². The molecule has 0 N–H and O–H groups in total. The molecule has 0 amide bonds. The summed E-state index contributed by atoms with van der Waals surface area (Å²) in [4.78, 5) is 0.